The van der Waals surface area contributed by atoms with Crippen LogP contribution in [0.3, 0.4) is 0 Å². The van der Waals surface area contributed by atoms with Gasteiger partial charge in [-0.2, -0.15) is 0 Å². The Labute approximate surface area is 86.2 Å². The minimum absolute atomic E-state index is 0.151. The number of carbonyl (C=O) groups is 1. The van der Waals surface area contributed by atoms with E-state index in [2.05, 4.69) is 4.98 Å². The molecular formula is C11H10N2O2. The molecule has 0 saturated carbocycles. The van der Waals surface area contributed by atoms with Crippen LogP contribution in [0.15, 0.2) is 23.0 Å². The van der Waals surface area contributed by atoms with Crippen molar-refractivity contribution in [1.82, 2.24) is 9.55 Å². The largest absolute Gasteiger partial charge is 0.294 e. The van der Waals surface area contributed by atoms with Crippen molar-refractivity contribution < 1.29 is 4.79 Å². The molecule has 0 radical (unpaired) electrons. The van der Waals surface area contributed by atoms with Gasteiger partial charge in [0.2, 0.25) is 0 Å². The molecular weight excluding hydrogens is 192 g/mol. The molecule has 0 unspecified atom stereocenters. The summed E-state index contributed by atoms with van der Waals surface area (Å²) in [7, 11) is 1.54. The molecule has 4 nitrogen and oxygen atoms in total. The summed E-state index contributed by atoms with van der Waals surface area (Å²) in [5, 5.41) is 0.536. The third-order valence-electron chi connectivity index (χ3n) is 2.37. The number of aldehydes is 1. The molecule has 0 aliphatic rings. The first-order valence-electron chi connectivity index (χ1n) is 4.56. The van der Waals surface area contributed by atoms with Crippen molar-refractivity contribution in [1.29, 1.82) is 0 Å². The van der Waals surface area contributed by atoms with Gasteiger partial charge in [0, 0.05) is 7.05 Å². The number of benzene rings is 1. The highest BCUT2D eigenvalue weighted by Crippen LogP contribution is 2.09. The molecule has 0 fully saturated rings. The van der Waals surface area contributed by atoms with Crippen molar-refractivity contribution in [2.45, 2.75) is 6.92 Å². The Hall–Kier alpha value is -1.97. The highest BCUT2D eigenvalue weighted by Gasteiger charge is 2.06. The Morgan fingerprint density at radius 3 is 2.80 bits per heavy atom. The maximum absolute atomic E-state index is 11.8. The fraction of sp³-hybridized carbons (Fsp3) is 0.182. The molecule has 2 aromatic rings. The van der Waals surface area contributed by atoms with Gasteiger partial charge in [0.05, 0.1) is 10.9 Å². The Kier molecular flexibility index (Phi) is 2.11. The van der Waals surface area contributed by atoms with Crippen LogP contribution < -0.4 is 5.56 Å². The van der Waals surface area contributed by atoms with Crippen LogP contribution in [0, 0.1) is 6.92 Å². The van der Waals surface area contributed by atoms with Gasteiger partial charge in [-0.3, -0.25) is 14.2 Å². The molecule has 0 aliphatic carbocycles. The molecule has 0 bridgehead atoms. The molecule has 0 saturated heterocycles. The van der Waals surface area contributed by atoms with Crippen LogP contribution in [0.5, 0.6) is 0 Å². The van der Waals surface area contributed by atoms with E-state index >= 15 is 0 Å². The first kappa shape index (κ1) is 9.58. The van der Waals surface area contributed by atoms with Gasteiger partial charge in [0.1, 0.15) is 0 Å². The lowest BCUT2D eigenvalue weighted by Gasteiger charge is -2.04. The number of rotatable bonds is 1. The topological polar surface area (TPSA) is 52.0 Å². The third kappa shape index (κ3) is 1.44. The number of aryl methyl sites for hydroxylation is 1. The molecule has 4 heteroatoms. The van der Waals surface area contributed by atoms with Crippen molar-refractivity contribution in [2.24, 2.45) is 7.05 Å². The molecule has 1 heterocycles. The van der Waals surface area contributed by atoms with Crippen molar-refractivity contribution in [2.75, 3.05) is 0 Å². The molecule has 0 aliphatic heterocycles. The normalized spacial score (nSPS) is 10.5. The molecule has 0 amide bonds. The van der Waals surface area contributed by atoms with Crippen molar-refractivity contribution in [3.05, 3.63) is 39.9 Å². The number of carbonyl (C=O) groups excluding carboxylic acids is 1. The van der Waals surface area contributed by atoms with E-state index in [1.165, 1.54) is 4.57 Å². The van der Waals surface area contributed by atoms with Gasteiger partial charge in [-0.05, 0) is 24.6 Å². The average Bonchev–Trinajstić information content (AvgIpc) is 2.23. The fourth-order valence-electron chi connectivity index (χ4n) is 1.50. The number of nitrogens with zero attached hydrogens (tertiary/aromatic N) is 2. The Bertz CT molecular complexity index is 599. The van der Waals surface area contributed by atoms with Gasteiger partial charge in [-0.1, -0.05) is 6.07 Å². The monoisotopic (exact) mass is 202 g/mol. The van der Waals surface area contributed by atoms with Crippen LogP contribution in [0.4, 0.5) is 0 Å². The Morgan fingerprint density at radius 1 is 1.40 bits per heavy atom. The van der Waals surface area contributed by atoms with Crippen LogP contribution in [-0.2, 0) is 7.05 Å². The summed E-state index contributed by atoms with van der Waals surface area (Å²) in [6, 6.07) is 5.38. The summed E-state index contributed by atoms with van der Waals surface area (Å²) in [5.41, 5.74) is 1.39. The zero-order chi connectivity index (χ0) is 11.0. The SMILES string of the molecule is Cc1ccc2c(=O)n(C)c(C=O)nc2c1. The van der Waals surface area contributed by atoms with E-state index in [0.29, 0.717) is 17.2 Å². The summed E-state index contributed by atoms with van der Waals surface area (Å²) in [6.07, 6.45) is 0.586. The molecule has 1 aromatic heterocycles. The summed E-state index contributed by atoms with van der Waals surface area (Å²) in [4.78, 5) is 26.6. The highest BCUT2D eigenvalue weighted by molar-refractivity contribution is 5.81. The highest BCUT2D eigenvalue weighted by atomic mass is 16.1. The van der Waals surface area contributed by atoms with Gasteiger partial charge in [0.25, 0.3) is 5.56 Å². The second-order valence-corrected chi connectivity index (χ2v) is 3.47. The van der Waals surface area contributed by atoms with Gasteiger partial charge in [0.15, 0.2) is 12.1 Å². The maximum atomic E-state index is 11.8. The fourth-order valence-corrected chi connectivity index (χ4v) is 1.50. The van der Waals surface area contributed by atoms with E-state index in [0.717, 1.165) is 5.56 Å². The summed E-state index contributed by atoms with van der Waals surface area (Å²) >= 11 is 0. The lowest BCUT2D eigenvalue weighted by molar-refractivity contribution is 0.111. The summed E-state index contributed by atoms with van der Waals surface area (Å²) in [5.74, 6) is 0.151. The van der Waals surface area contributed by atoms with E-state index in [4.69, 9.17) is 0 Å². The molecule has 2 rings (SSSR count). The minimum Gasteiger partial charge on any atom is -0.294 e. The van der Waals surface area contributed by atoms with Gasteiger partial charge in [-0.25, -0.2) is 4.98 Å². The van der Waals surface area contributed by atoms with E-state index in [1.54, 1.807) is 19.2 Å². The van der Waals surface area contributed by atoms with Crippen LogP contribution in [0.2, 0.25) is 0 Å². The molecule has 0 spiro atoms. The summed E-state index contributed by atoms with van der Waals surface area (Å²) in [6.45, 7) is 1.92. The smallest absolute Gasteiger partial charge is 0.261 e. The van der Waals surface area contributed by atoms with E-state index in [9.17, 15) is 9.59 Å². The lowest BCUT2D eigenvalue weighted by atomic mass is 10.2. The van der Waals surface area contributed by atoms with Crippen molar-refractivity contribution in [3.63, 3.8) is 0 Å². The van der Waals surface area contributed by atoms with E-state index in [1.807, 2.05) is 13.0 Å². The molecule has 76 valence electrons. The van der Waals surface area contributed by atoms with Gasteiger partial charge < -0.3 is 0 Å². The second kappa shape index (κ2) is 3.31. The maximum Gasteiger partial charge on any atom is 0.261 e. The third-order valence-corrected chi connectivity index (χ3v) is 2.37. The molecule has 0 atom stereocenters. The Balaban J connectivity index is 2.97. The Morgan fingerprint density at radius 2 is 2.13 bits per heavy atom. The quantitative estimate of drug-likeness (QED) is 0.649. The molecule has 15 heavy (non-hydrogen) atoms. The van der Waals surface area contributed by atoms with Gasteiger partial charge in [-0.15, -0.1) is 0 Å². The molecule has 1 aromatic carbocycles. The van der Waals surface area contributed by atoms with E-state index < -0.39 is 0 Å². The lowest BCUT2D eigenvalue weighted by Crippen LogP contribution is -2.22. The van der Waals surface area contributed by atoms with Crippen molar-refractivity contribution in [3.8, 4) is 0 Å². The number of hydrogen-bond acceptors (Lipinski definition) is 3. The van der Waals surface area contributed by atoms with Crippen LogP contribution >= 0.6 is 0 Å². The average molecular weight is 202 g/mol. The standard InChI is InChI=1S/C11H10N2O2/c1-7-3-4-8-9(5-7)12-10(6-14)13(2)11(8)15/h3-6H,1-2H3. The second-order valence-electron chi connectivity index (χ2n) is 3.47. The van der Waals surface area contributed by atoms with Crippen LogP contribution in [-0.4, -0.2) is 15.8 Å². The number of aromatic nitrogens is 2. The predicted molar refractivity (Wildman–Crippen MR) is 57.1 cm³/mol. The van der Waals surface area contributed by atoms with E-state index in [-0.39, 0.29) is 11.4 Å². The summed E-state index contributed by atoms with van der Waals surface area (Å²) < 4.78 is 1.25. The number of fused-ring (bicyclic) bond motifs is 1. The predicted octanol–water partition coefficient (Wildman–Crippen LogP) is 1.05. The van der Waals surface area contributed by atoms with Crippen molar-refractivity contribution >= 4 is 17.2 Å². The first-order chi connectivity index (χ1) is 7.13. The number of hydrogen-bond donors (Lipinski definition) is 0. The molecule has 0 N–H and O–H groups in total. The van der Waals surface area contributed by atoms with Crippen LogP contribution in [0.25, 0.3) is 10.9 Å². The zero-order valence-electron chi connectivity index (χ0n) is 8.52. The van der Waals surface area contributed by atoms with Gasteiger partial charge >= 0.3 is 0 Å². The van der Waals surface area contributed by atoms with Crippen LogP contribution in [0.1, 0.15) is 16.2 Å². The first-order valence-corrected chi connectivity index (χ1v) is 4.56. The minimum atomic E-state index is -0.192. The zero-order valence-corrected chi connectivity index (χ0v) is 8.52.